The SMILES string of the molecule is CCOC(=O)C1=C(O)/C(=C/c2cc(I)c(OCc3ccc(Cl)c(Cl)c3)c(OCC)c2)SC1=NC(=O)c1ccc(C)cc1. The van der Waals surface area contributed by atoms with Crippen LogP contribution in [0.25, 0.3) is 6.08 Å². The number of benzene rings is 3. The van der Waals surface area contributed by atoms with E-state index in [0.29, 0.717) is 44.2 Å². The zero-order valence-electron chi connectivity index (χ0n) is 22.9. The number of esters is 1. The maximum atomic E-state index is 12.9. The average Bonchev–Trinajstić information content (AvgIpc) is 3.24. The Morgan fingerprint density at radius 1 is 1.00 bits per heavy atom. The summed E-state index contributed by atoms with van der Waals surface area (Å²) in [6.45, 7) is 6.16. The van der Waals surface area contributed by atoms with Crippen molar-refractivity contribution in [2.24, 2.45) is 4.99 Å². The second-order valence-electron chi connectivity index (χ2n) is 8.94. The van der Waals surface area contributed by atoms with Crippen LogP contribution >= 0.6 is 57.6 Å². The third kappa shape index (κ3) is 7.69. The van der Waals surface area contributed by atoms with E-state index in [-0.39, 0.29) is 29.6 Å². The number of carbonyl (C=O) groups excluding carboxylic acids is 2. The number of aliphatic hydroxyl groups excluding tert-OH is 1. The van der Waals surface area contributed by atoms with Gasteiger partial charge in [-0.3, -0.25) is 4.79 Å². The van der Waals surface area contributed by atoms with Gasteiger partial charge in [-0.1, -0.05) is 58.7 Å². The number of rotatable bonds is 9. The number of hydrogen-bond donors (Lipinski definition) is 1. The first kappa shape index (κ1) is 31.9. The normalized spacial score (nSPS) is 14.9. The quantitative estimate of drug-likeness (QED) is 0.174. The van der Waals surface area contributed by atoms with Crippen molar-refractivity contribution in [3.8, 4) is 11.5 Å². The Bertz CT molecular complexity index is 1620. The highest BCUT2D eigenvalue weighted by Gasteiger charge is 2.34. The zero-order valence-corrected chi connectivity index (χ0v) is 27.4. The van der Waals surface area contributed by atoms with Crippen LogP contribution in [0, 0.1) is 10.5 Å². The highest BCUT2D eigenvalue weighted by Crippen LogP contribution is 2.41. The Balaban J connectivity index is 1.67. The molecule has 1 N–H and O–H groups in total. The monoisotopic (exact) mass is 737 g/mol. The van der Waals surface area contributed by atoms with Crippen LogP contribution in [0.1, 0.15) is 40.9 Å². The second-order valence-corrected chi connectivity index (χ2v) is 12.0. The molecule has 0 saturated heterocycles. The Hall–Kier alpha value is -2.99. The predicted molar refractivity (Wildman–Crippen MR) is 176 cm³/mol. The summed E-state index contributed by atoms with van der Waals surface area (Å²) in [5, 5.41) is 12.0. The molecule has 0 atom stereocenters. The molecule has 0 aromatic heterocycles. The van der Waals surface area contributed by atoms with Gasteiger partial charge in [0.05, 0.1) is 31.7 Å². The van der Waals surface area contributed by atoms with Crippen LogP contribution < -0.4 is 9.47 Å². The summed E-state index contributed by atoms with van der Waals surface area (Å²) < 4.78 is 17.9. The Labute approximate surface area is 271 Å². The second kappa shape index (κ2) is 14.5. The molecule has 0 unspecified atom stereocenters. The fourth-order valence-corrected chi connectivity index (χ4v) is 5.97. The maximum Gasteiger partial charge on any atom is 0.344 e. The number of aryl methyl sites for hydroxylation is 1. The lowest BCUT2D eigenvalue weighted by Crippen LogP contribution is -2.14. The molecule has 0 radical (unpaired) electrons. The molecule has 1 aliphatic heterocycles. The van der Waals surface area contributed by atoms with Crippen molar-refractivity contribution in [1.29, 1.82) is 0 Å². The molecule has 0 saturated carbocycles. The maximum absolute atomic E-state index is 12.9. The van der Waals surface area contributed by atoms with Crippen LogP contribution in [-0.4, -0.2) is 35.2 Å². The summed E-state index contributed by atoms with van der Waals surface area (Å²) in [6.07, 6.45) is 1.69. The van der Waals surface area contributed by atoms with Crippen LogP contribution in [0.5, 0.6) is 11.5 Å². The first-order valence-electron chi connectivity index (χ1n) is 12.8. The van der Waals surface area contributed by atoms with E-state index in [2.05, 4.69) is 27.6 Å². The number of hydrogen-bond acceptors (Lipinski definition) is 7. The number of nitrogens with zero attached hydrogens (tertiary/aromatic N) is 1. The standard InChI is InChI=1S/C31H26Cl2INO6S/c1-4-39-24-14-19(13-23(34)28(24)41-16-18-8-11-21(32)22(33)12-18)15-25-27(36)26(31(38)40-5-2)30(42-25)35-29(37)20-9-6-17(3)7-10-20/h6-15,36H,4-5,16H2,1-3H3/b25-15-,35-30?. The summed E-state index contributed by atoms with van der Waals surface area (Å²) in [7, 11) is 0. The van der Waals surface area contributed by atoms with Crippen molar-refractivity contribution in [2.75, 3.05) is 13.2 Å². The van der Waals surface area contributed by atoms with E-state index in [9.17, 15) is 14.7 Å². The van der Waals surface area contributed by atoms with E-state index in [4.69, 9.17) is 37.4 Å². The van der Waals surface area contributed by atoms with Gasteiger partial charge < -0.3 is 19.3 Å². The van der Waals surface area contributed by atoms with E-state index in [1.54, 1.807) is 55.5 Å². The summed E-state index contributed by atoms with van der Waals surface area (Å²) >= 11 is 15.3. The van der Waals surface area contributed by atoms with E-state index in [1.807, 2.05) is 26.0 Å². The van der Waals surface area contributed by atoms with Gasteiger partial charge in [0.25, 0.3) is 5.91 Å². The minimum absolute atomic E-state index is 0.0593. The predicted octanol–water partition coefficient (Wildman–Crippen LogP) is 8.59. The number of aliphatic imine (C=N–C) groups is 1. The van der Waals surface area contributed by atoms with Crippen LogP contribution in [0.3, 0.4) is 0 Å². The van der Waals surface area contributed by atoms with Gasteiger partial charge in [0.2, 0.25) is 0 Å². The van der Waals surface area contributed by atoms with Gasteiger partial charge in [-0.05, 0) is 97.0 Å². The van der Waals surface area contributed by atoms with Crippen molar-refractivity contribution in [3.63, 3.8) is 0 Å². The summed E-state index contributed by atoms with van der Waals surface area (Å²) in [5.41, 5.74) is 2.71. The molecule has 0 bridgehead atoms. The van der Waals surface area contributed by atoms with E-state index in [1.165, 1.54) is 0 Å². The molecule has 11 heteroatoms. The number of halogens is 3. The molecule has 3 aromatic carbocycles. The molecular formula is C31H26Cl2INO6S. The third-order valence-corrected chi connectivity index (χ3v) is 8.43. The van der Waals surface area contributed by atoms with Crippen molar-refractivity contribution in [3.05, 3.63) is 107 Å². The minimum atomic E-state index is -0.767. The summed E-state index contributed by atoms with van der Waals surface area (Å²) in [4.78, 5) is 30.1. The first-order valence-corrected chi connectivity index (χ1v) is 15.5. The molecule has 4 rings (SSSR count). The van der Waals surface area contributed by atoms with Crippen LogP contribution in [0.15, 0.2) is 75.8 Å². The van der Waals surface area contributed by atoms with Crippen LogP contribution in [0.2, 0.25) is 10.0 Å². The van der Waals surface area contributed by atoms with E-state index in [0.717, 1.165) is 26.5 Å². The smallest absolute Gasteiger partial charge is 0.344 e. The molecular weight excluding hydrogens is 712 g/mol. The third-order valence-electron chi connectivity index (χ3n) is 5.87. The van der Waals surface area contributed by atoms with Crippen molar-refractivity contribution < 1.29 is 28.9 Å². The number of carbonyl (C=O) groups is 2. The van der Waals surface area contributed by atoms with Crippen LogP contribution in [-0.2, 0) is 16.1 Å². The van der Waals surface area contributed by atoms with Crippen molar-refractivity contribution >= 4 is 80.6 Å². The fraction of sp³-hybridized carbons (Fsp3) is 0.194. The molecule has 0 aliphatic carbocycles. The molecule has 1 amide bonds. The number of amides is 1. The largest absolute Gasteiger partial charge is 0.506 e. The first-order chi connectivity index (χ1) is 20.1. The molecule has 218 valence electrons. The van der Waals surface area contributed by atoms with Gasteiger partial charge in [-0.2, -0.15) is 0 Å². The van der Waals surface area contributed by atoms with Gasteiger partial charge in [0.15, 0.2) is 11.5 Å². The van der Waals surface area contributed by atoms with Gasteiger partial charge in [-0.25, -0.2) is 9.79 Å². The van der Waals surface area contributed by atoms with Crippen molar-refractivity contribution in [2.45, 2.75) is 27.4 Å². The van der Waals surface area contributed by atoms with E-state index < -0.39 is 11.9 Å². The van der Waals surface area contributed by atoms with E-state index >= 15 is 0 Å². The van der Waals surface area contributed by atoms with Gasteiger partial charge >= 0.3 is 5.97 Å². The van der Waals surface area contributed by atoms with Gasteiger partial charge in [-0.15, -0.1) is 0 Å². The average molecular weight is 738 g/mol. The highest BCUT2D eigenvalue weighted by atomic mass is 127. The lowest BCUT2D eigenvalue weighted by atomic mass is 10.1. The summed E-state index contributed by atoms with van der Waals surface area (Å²) in [6, 6.07) is 15.8. The molecule has 42 heavy (non-hydrogen) atoms. The van der Waals surface area contributed by atoms with Gasteiger partial charge in [0, 0.05) is 5.56 Å². The minimum Gasteiger partial charge on any atom is -0.506 e. The number of ether oxygens (including phenoxy) is 3. The molecule has 7 nitrogen and oxygen atoms in total. The Morgan fingerprint density at radius 3 is 2.40 bits per heavy atom. The molecule has 0 spiro atoms. The Morgan fingerprint density at radius 2 is 1.74 bits per heavy atom. The zero-order chi connectivity index (χ0) is 30.4. The Kier molecular flexibility index (Phi) is 11.0. The number of aliphatic hydroxyl groups is 1. The number of thioether (sulfide) groups is 1. The molecule has 0 fully saturated rings. The summed E-state index contributed by atoms with van der Waals surface area (Å²) in [5.74, 6) is -0.580. The highest BCUT2D eigenvalue weighted by molar-refractivity contribution is 14.1. The van der Waals surface area contributed by atoms with Gasteiger partial charge in [0.1, 0.15) is 23.0 Å². The lowest BCUT2D eigenvalue weighted by molar-refractivity contribution is -0.138. The van der Waals surface area contributed by atoms with Crippen molar-refractivity contribution in [1.82, 2.24) is 0 Å². The molecule has 1 heterocycles. The molecule has 3 aromatic rings. The van der Waals surface area contributed by atoms with Crippen LogP contribution in [0.4, 0.5) is 0 Å². The molecule has 1 aliphatic rings. The lowest BCUT2D eigenvalue weighted by Gasteiger charge is -2.15. The topological polar surface area (TPSA) is 94.4 Å². The fourth-order valence-electron chi connectivity index (χ4n) is 3.86.